The zero-order chi connectivity index (χ0) is 17.7. The van der Waals surface area contributed by atoms with Gasteiger partial charge in [0.2, 0.25) is 5.89 Å². The lowest BCUT2D eigenvalue weighted by atomic mass is 10.1. The maximum absolute atomic E-state index is 12.9. The lowest BCUT2D eigenvalue weighted by molar-refractivity contribution is 0.0782. The second-order valence-corrected chi connectivity index (χ2v) is 6.94. The van der Waals surface area contributed by atoms with Crippen LogP contribution in [0.5, 0.6) is 5.75 Å². The SMILES string of the molecule is COc1ccn2c(C(=O)N3CCC(c4nc(C5CC5)no4)C3)cnc2c1. The van der Waals surface area contributed by atoms with E-state index in [-0.39, 0.29) is 11.8 Å². The maximum atomic E-state index is 12.9. The Kier molecular flexibility index (Phi) is 3.44. The quantitative estimate of drug-likeness (QED) is 0.715. The molecule has 8 nitrogen and oxygen atoms in total. The average Bonchev–Trinajstić information content (AvgIpc) is 3.10. The Hall–Kier alpha value is -2.90. The van der Waals surface area contributed by atoms with Gasteiger partial charge in [-0.05, 0) is 25.3 Å². The maximum Gasteiger partial charge on any atom is 0.272 e. The molecule has 1 amide bonds. The number of amides is 1. The number of aromatic nitrogens is 4. The highest BCUT2D eigenvalue weighted by atomic mass is 16.5. The summed E-state index contributed by atoms with van der Waals surface area (Å²) >= 11 is 0. The summed E-state index contributed by atoms with van der Waals surface area (Å²) in [5.41, 5.74) is 1.24. The van der Waals surface area contributed by atoms with E-state index in [0.29, 0.717) is 42.0 Å². The summed E-state index contributed by atoms with van der Waals surface area (Å²) in [6, 6.07) is 3.62. The highest BCUT2D eigenvalue weighted by molar-refractivity contribution is 5.93. The summed E-state index contributed by atoms with van der Waals surface area (Å²) < 4.78 is 12.4. The van der Waals surface area contributed by atoms with Crippen LogP contribution in [0.1, 0.15) is 53.3 Å². The van der Waals surface area contributed by atoms with Crippen LogP contribution in [0.2, 0.25) is 0 Å². The Balaban J connectivity index is 1.34. The number of ether oxygens (including phenoxy) is 1. The predicted molar refractivity (Wildman–Crippen MR) is 91.3 cm³/mol. The Labute approximate surface area is 149 Å². The van der Waals surface area contributed by atoms with Crippen molar-refractivity contribution >= 4 is 11.6 Å². The van der Waals surface area contributed by atoms with Gasteiger partial charge in [0, 0.05) is 31.3 Å². The number of carbonyl (C=O) groups is 1. The van der Waals surface area contributed by atoms with Crippen LogP contribution in [0.3, 0.4) is 0 Å². The molecule has 0 N–H and O–H groups in total. The molecular formula is C18H19N5O3. The number of pyridine rings is 1. The van der Waals surface area contributed by atoms with Crippen LogP contribution in [0.4, 0.5) is 0 Å². The Bertz CT molecular complexity index is 974. The van der Waals surface area contributed by atoms with E-state index in [9.17, 15) is 4.79 Å². The lowest BCUT2D eigenvalue weighted by Crippen LogP contribution is -2.29. The summed E-state index contributed by atoms with van der Waals surface area (Å²) in [5.74, 6) is 2.74. The molecule has 1 saturated carbocycles. The van der Waals surface area contributed by atoms with Gasteiger partial charge in [0.1, 0.15) is 17.1 Å². The second-order valence-electron chi connectivity index (χ2n) is 6.94. The molecule has 1 saturated heterocycles. The number of hydrogen-bond donors (Lipinski definition) is 0. The molecule has 4 heterocycles. The zero-order valence-electron chi connectivity index (χ0n) is 14.5. The molecule has 0 aromatic carbocycles. The van der Waals surface area contributed by atoms with E-state index in [1.165, 1.54) is 0 Å². The van der Waals surface area contributed by atoms with E-state index in [1.54, 1.807) is 23.8 Å². The molecule has 26 heavy (non-hydrogen) atoms. The van der Waals surface area contributed by atoms with Crippen molar-refractivity contribution in [2.24, 2.45) is 0 Å². The summed E-state index contributed by atoms with van der Waals surface area (Å²) in [7, 11) is 1.61. The highest BCUT2D eigenvalue weighted by Crippen LogP contribution is 2.39. The van der Waals surface area contributed by atoms with Crippen molar-refractivity contribution < 1.29 is 14.1 Å². The van der Waals surface area contributed by atoms with Gasteiger partial charge in [0.05, 0.1) is 19.2 Å². The summed E-state index contributed by atoms with van der Waals surface area (Å²) in [6.45, 7) is 1.27. The fourth-order valence-electron chi connectivity index (χ4n) is 3.48. The third-order valence-electron chi connectivity index (χ3n) is 5.16. The van der Waals surface area contributed by atoms with Gasteiger partial charge in [-0.25, -0.2) is 4.98 Å². The second kappa shape index (κ2) is 5.82. The highest BCUT2D eigenvalue weighted by Gasteiger charge is 2.35. The molecule has 0 spiro atoms. The van der Waals surface area contributed by atoms with Crippen molar-refractivity contribution in [1.29, 1.82) is 0 Å². The molecule has 3 aromatic heterocycles. The van der Waals surface area contributed by atoms with Gasteiger partial charge in [-0.1, -0.05) is 5.16 Å². The van der Waals surface area contributed by atoms with E-state index in [1.807, 2.05) is 17.2 Å². The summed E-state index contributed by atoms with van der Waals surface area (Å²) in [6.07, 6.45) is 6.55. The van der Waals surface area contributed by atoms with Crippen molar-refractivity contribution in [3.05, 3.63) is 41.9 Å². The number of hydrogen-bond acceptors (Lipinski definition) is 6. The van der Waals surface area contributed by atoms with Crippen molar-refractivity contribution in [2.45, 2.75) is 31.1 Å². The van der Waals surface area contributed by atoms with Crippen LogP contribution < -0.4 is 4.74 Å². The zero-order valence-corrected chi connectivity index (χ0v) is 14.5. The van der Waals surface area contributed by atoms with E-state index in [2.05, 4.69) is 15.1 Å². The van der Waals surface area contributed by atoms with E-state index < -0.39 is 0 Å². The Morgan fingerprint density at radius 3 is 3.00 bits per heavy atom. The fourth-order valence-corrected chi connectivity index (χ4v) is 3.48. The molecule has 0 radical (unpaired) electrons. The monoisotopic (exact) mass is 353 g/mol. The minimum Gasteiger partial charge on any atom is -0.497 e. The topological polar surface area (TPSA) is 85.8 Å². The van der Waals surface area contributed by atoms with Crippen LogP contribution in [0.15, 0.2) is 29.0 Å². The van der Waals surface area contributed by atoms with Crippen LogP contribution in [-0.4, -0.2) is 50.5 Å². The Morgan fingerprint density at radius 1 is 1.31 bits per heavy atom. The van der Waals surface area contributed by atoms with Gasteiger partial charge in [-0.2, -0.15) is 4.98 Å². The van der Waals surface area contributed by atoms with Gasteiger partial charge in [-0.3, -0.25) is 9.20 Å². The summed E-state index contributed by atoms with van der Waals surface area (Å²) in [5, 5.41) is 4.08. The van der Waals surface area contributed by atoms with Crippen molar-refractivity contribution in [3.63, 3.8) is 0 Å². The van der Waals surface area contributed by atoms with Gasteiger partial charge in [0.25, 0.3) is 5.91 Å². The minimum atomic E-state index is -0.0351. The molecule has 1 atom stereocenters. The molecule has 2 aliphatic rings. The molecule has 1 aliphatic carbocycles. The number of fused-ring (bicyclic) bond motifs is 1. The van der Waals surface area contributed by atoms with E-state index in [4.69, 9.17) is 9.26 Å². The Morgan fingerprint density at radius 2 is 2.19 bits per heavy atom. The van der Waals surface area contributed by atoms with Crippen LogP contribution >= 0.6 is 0 Å². The first-order valence-corrected chi connectivity index (χ1v) is 8.87. The number of methoxy groups -OCH3 is 1. The van der Waals surface area contributed by atoms with Crippen molar-refractivity contribution in [2.75, 3.05) is 20.2 Å². The molecule has 3 aromatic rings. The number of carbonyl (C=O) groups excluding carboxylic acids is 1. The predicted octanol–water partition coefficient (Wildman–Crippen LogP) is 2.23. The molecule has 5 rings (SSSR count). The first kappa shape index (κ1) is 15.4. The molecule has 134 valence electrons. The van der Waals surface area contributed by atoms with E-state index >= 15 is 0 Å². The molecule has 8 heteroatoms. The van der Waals surface area contributed by atoms with Gasteiger partial charge in [0.15, 0.2) is 5.82 Å². The molecule has 1 unspecified atom stereocenters. The van der Waals surface area contributed by atoms with Gasteiger partial charge >= 0.3 is 0 Å². The first-order chi connectivity index (χ1) is 12.7. The number of imidazole rings is 1. The summed E-state index contributed by atoms with van der Waals surface area (Å²) in [4.78, 5) is 23.6. The number of likely N-dealkylation sites (tertiary alicyclic amines) is 1. The minimum absolute atomic E-state index is 0.0351. The van der Waals surface area contributed by atoms with Crippen LogP contribution in [0, 0.1) is 0 Å². The molecule has 2 fully saturated rings. The van der Waals surface area contributed by atoms with Crippen molar-refractivity contribution in [1.82, 2.24) is 24.4 Å². The average molecular weight is 353 g/mol. The van der Waals surface area contributed by atoms with Crippen LogP contribution in [0.25, 0.3) is 5.65 Å². The van der Waals surface area contributed by atoms with Gasteiger partial charge in [-0.15, -0.1) is 0 Å². The van der Waals surface area contributed by atoms with Crippen molar-refractivity contribution in [3.8, 4) is 5.75 Å². The molecular weight excluding hydrogens is 334 g/mol. The van der Waals surface area contributed by atoms with Crippen LogP contribution in [-0.2, 0) is 0 Å². The smallest absolute Gasteiger partial charge is 0.272 e. The largest absolute Gasteiger partial charge is 0.497 e. The number of nitrogens with zero attached hydrogens (tertiary/aromatic N) is 5. The van der Waals surface area contributed by atoms with E-state index in [0.717, 1.165) is 25.1 Å². The number of rotatable bonds is 4. The first-order valence-electron chi connectivity index (χ1n) is 8.87. The fraction of sp³-hybridized carbons (Fsp3) is 0.444. The third kappa shape index (κ3) is 2.53. The third-order valence-corrected chi connectivity index (χ3v) is 5.16. The molecule has 1 aliphatic heterocycles. The lowest BCUT2D eigenvalue weighted by Gasteiger charge is -2.15. The molecule has 0 bridgehead atoms. The van der Waals surface area contributed by atoms with Gasteiger partial charge < -0.3 is 14.2 Å². The normalized spacial score (nSPS) is 20.0. The standard InChI is InChI=1S/C18H19N5O3/c1-25-13-5-7-23-14(9-19-15(23)8-13)18(24)22-6-4-12(10-22)17-20-16(21-26-17)11-2-3-11/h5,7-9,11-12H,2-4,6,10H2,1H3.